The predicted molar refractivity (Wildman–Crippen MR) is 127 cm³/mol. The van der Waals surface area contributed by atoms with Gasteiger partial charge in [-0.1, -0.05) is 58.4 Å². The second-order valence-electron chi connectivity index (χ2n) is 6.69. The first-order valence-electron chi connectivity index (χ1n) is 9.58. The number of H-pyrrole nitrogens is 1. The number of thioether (sulfide) groups is 1. The summed E-state index contributed by atoms with van der Waals surface area (Å²) >= 11 is 5.24. The molecule has 1 aromatic heterocycles. The van der Waals surface area contributed by atoms with Crippen molar-refractivity contribution in [1.29, 1.82) is 0 Å². The van der Waals surface area contributed by atoms with Gasteiger partial charge in [0.05, 0.1) is 18.4 Å². The number of hydrogen-bond acceptors (Lipinski definition) is 3. The molecule has 1 amide bonds. The van der Waals surface area contributed by atoms with E-state index in [1.165, 1.54) is 10.3 Å². The van der Waals surface area contributed by atoms with Crippen LogP contribution in [0.25, 0.3) is 22.2 Å². The number of nitrogens with one attached hydrogen (secondary N) is 2. The van der Waals surface area contributed by atoms with Gasteiger partial charge in [-0.25, -0.2) is 0 Å². The van der Waals surface area contributed by atoms with E-state index in [1.54, 1.807) is 31.0 Å². The van der Waals surface area contributed by atoms with Crippen molar-refractivity contribution in [2.75, 3.05) is 19.4 Å². The van der Waals surface area contributed by atoms with Crippen LogP contribution in [-0.2, 0) is 0 Å². The smallest absolute Gasteiger partial charge is 0.255 e. The standard InChI is InChI=1S/C24H21BrN2O2S/c1-29-21-9-5-3-7-19(21)24(28)26-14-15-30-23-18-6-2-4-8-20(18)27-22(23)16-10-12-17(25)13-11-16/h2-13,27H,14-15H2,1H3,(H,26,28). The molecule has 0 aliphatic rings. The molecular formula is C24H21BrN2O2S. The number of rotatable bonds is 7. The molecule has 0 fully saturated rings. The molecule has 0 saturated heterocycles. The highest BCUT2D eigenvalue weighted by molar-refractivity contribution is 9.10. The molecule has 0 bridgehead atoms. The number of fused-ring (bicyclic) bond motifs is 1. The minimum atomic E-state index is -0.125. The van der Waals surface area contributed by atoms with E-state index in [2.05, 4.69) is 56.6 Å². The largest absolute Gasteiger partial charge is 0.496 e. The van der Waals surface area contributed by atoms with E-state index in [9.17, 15) is 4.79 Å². The van der Waals surface area contributed by atoms with Gasteiger partial charge in [-0.3, -0.25) is 4.79 Å². The lowest BCUT2D eigenvalue weighted by Gasteiger charge is -2.09. The Morgan fingerprint density at radius 3 is 2.57 bits per heavy atom. The Balaban J connectivity index is 1.49. The molecule has 4 nitrogen and oxygen atoms in total. The van der Waals surface area contributed by atoms with Crippen LogP contribution in [0.5, 0.6) is 5.75 Å². The summed E-state index contributed by atoms with van der Waals surface area (Å²) in [4.78, 5) is 17.3. The van der Waals surface area contributed by atoms with Crippen LogP contribution < -0.4 is 10.1 Å². The molecule has 0 unspecified atom stereocenters. The fraction of sp³-hybridized carbons (Fsp3) is 0.125. The topological polar surface area (TPSA) is 54.1 Å². The van der Waals surface area contributed by atoms with Gasteiger partial charge in [0, 0.05) is 32.6 Å². The number of ether oxygens (including phenoxy) is 1. The van der Waals surface area contributed by atoms with Crippen LogP contribution in [0.15, 0.2) is 82.2 Å². The summed E-state index contributed by atoms with van der Waals surface area (Å²) in [6.45, 7) is 0.556. The molecule has 4 aromatic rings. The zero-order valence-electron chi connectivity index (χ0n) is 16.4. The van der Waals surface area contributed by atoms with Crippen molar-refractivity contribution in [3.8, 4) is 17.0 Å². The van der Waals surface area contributed by atoms with Gasteiger partial charge in [0.15, 0.2) is 0 Å². The second-order valence-corrected chi connectivity index (χ2v) is 8.71. The highest BCUT2D eigenvalue weighted by Crippen LogP contribution is 2.37. The van der Waals surface area contributed by atoms with Gasteiger partial charge >= 0.3 is 0 Å². The van der Waals surface area contributed by atoms with Crippen LogP contribution in [-0.4, -0.2) is 30.3 Å². The lowest BCUT2D eigenvalue weighted by Crippen LogP contribution is -2.26. The molecule has 6 heteroatoms. The first-order valence-corrected chi connectivity index (χ1v) is 11.4. The van der Waals surface area contributed by atoms with Gasteiger partial charge in [0.2, 0.25) is 0 Å². The van der Waals surface area contributed by atoms with Gasteiger partial charge < -0.3 is 15.0 Å². The highest BCUT2D eigenvalue weighted by Gasteiger charge is 2.14. The van der Waals surface area contributed by atoms with Gasteiger partial charge in [0.25, 0.3) is 5.91 Å². The SMILES string of the molecule is COc1ccccc1C(=O)NCCSc1c(-c2ccc(Br)cc2)[nH]c2ccccc12. The zero-order chi connectivity index (χ0) is 20.9. The Morgan fingerprint density at radius 1 is 1.03 bits per heavy atom. The average Bonchev–Trinajstić information content (AvgIpc) is 3.15. The number of aromatic nitrogens is 1. The minimum Gasteiger partial charge on any atom is -0.496 e. The van der Waals surface area contributed by atoms with Crippen LogP contribution in [0.3, 0.4) is 0 Å². The third kappa shape index (κ3) is 4.40. The molecule has 0 aliphatic carbocycles. The number of amides is 1. The maximum absolute atomic E-state index is 12.5. The number of benzene rings is 3. The minimum absolute atomic E-state index is 0.125. The summed E-state index contributed by atoms with van der Waals surface area (Å²) in [5.41, 5.74) is 3.89. The Kier molecular flexibility index (Phi) is 6.45. The number of aromatic amines is 1. The van der Waals surface area contributed by atoms with Crippen molar-refractivity contribution in [2.45, 2.75) is 4.90 Å². The lowest BCUT2D eigenvalue weighted by molar-refractivity contribution is 0.0953. The summed E-state index contributed by atoms with van der Waals surface area (Å²) in [7, 11) is 1.57. The monoisotopic (exact) mass is 480 g/mol. The Bertz CT molecular complexity index is 1170. The van der Waals surface area contributed by atoms with Gasteiger partial charge in [-0.15, -0.1) is 11.8 Å². The van der Waals surface area contributed by atoms with Crippen LogP contribution in [0.2, 0.25) is 0 Å². The Morgan fingerprint density at radius 2 is 1.77 bits per heavy atom. The molecule has 0 spiro atoms. The third-order valence-electron chi connectivity index (χ3n) is 4.78. The molecule has 0 radical (unpaired) electrons. The quantitative estimate of drug-likeness (QED) is 0.247. The van der Waals surface area contributed by atoms with Gasteiger partial charge in [0.1, 0.15) is 5.75 Å². The van der Waals surface area contributed by atoms with Crippen LogP contribution in [0.1, 0.15) is 10.4 Å². The molecule has 0 saturated carbocycles. The van der Waals surface area contributed by atoms with Crippen LogP contribution in [0, 0.1) is 0 Å². The fourth-order valence-electron chi connectivity index (χ4n) is 3.33. The molecule has 0 aliphatic heterocycles. The summed E-state index contributed by atoms with van der Waals surface area (Å²) in [5.74, 6) is 1.21. The van der Waals surface area contributed by atoms with E-state index >= 15 is 0 Å². The average molecular weight is 481 g/mol. The maximum atomic E-state index is 12.5. The summed E-state index contributed by atoms with van der Waals surface area (Å²) in [5, 5.41) is 4.19. The van der Waals surface area contributed by atoms with E-state index in [0.717, 1.165) is 27.0 Å². The van der Waals surface area contributed by atoms with E-state index < -0.39 is 0 Å². The van der Waals surface area contributed by atoms with Crippen molar-refractivity contribution >= 4 is 44.5 Å². The Labute approximate surface area is 188 Å². The molecule has 1 heterocycles. The van der Waals surface area contributed by atoms with Crippen molar-refractivity contribution in [3.05, 3.63) is 82.8 Å². The lowest BCUT2D eigenvalue weighted by atomic mass is 10.1. The van der Waals surface area contributed by atoms with Crippen molar-refractivity contribution in [3.63, 3.8) is 0 Å². The van der Waals surface area contributed by atoms with E-state index in [1.807, 2.05) is 30.3 Å². The maximum Gasteiger partial charge on any atom is 0.255 e. The van der Waals surface area contributed by atoms with Crippen molar-refractivity contribution in [2.24, 2.45) is 0 Å². The van der Waals surface area contributed by atoms with Gasteiger partial charge in [-0.05, 0) is 35.9 Å². The second kappa shape index (κ2) is 9.41. The number of carbonyl (C=O) groups is 1. The third-order valence-corrected chi connectivity index (χ3v) is 6.43. The van der Waals surface area contributed by atoms with E-state index in [0.29, 0.717) is 17.9 Å². The summed E-state index contributed by atoms with van der Waals surface area (Å²) in [6.07, 6.45) is 0. The van der Waals surface area contributed by atoms with Crippen molar-refractivity contribution < 1.29 is 9.53 Å². The molecule has 0 atom stereocenters. The number of para-hydroxylation sites is 2. The van der Waals surface area contributed by atoms with E-state index in [-0.39, 0.29) is 5.91 Å². The number of methoxy groups -OCH3 is 1. The predicted octanol–water partition coefficient (Wildman–Crippen LogP) is 6.13. The first-order chi connectivity index (χ1) is 14.7. The van der Waals surface area contributed by atoms with Crippen LogP contribution >= 0.6 is 27.7 Å². The van der Waals surface area contributed by atoms with Crippen LogP contribution in [0.4, 0.5) is 0 Å². The molecule has 4 rings (SSSR count). The molecular weight excluding hydrogens is 460 g/mol. The highest BCUT2D eigenvalue weighted by atomic mass is 79.9. The zero-order valence-corrected chi connectivity index (χ0v) is 18.8. The Hall–Kier alpha value is -2.70. The number of hydrogen-bond donors (Lipinski definition) is 2. The summed E-state index contributed by atoms with van der Waals surface area (Å²) < 4.78 is 6.33. The van der Waals surface area contributed by atoms with Crippen molar-refractivity contribution in [1.82, 2.24) is 10.3 Å². The molecule has 152 valence electrons. The molecule has 2 N–H and O–H groups in total. The summed E-state index contributed by atoms with van der Waals surface area (Å²) in [6, 6.07) is 23.8. The van der Waals surface area contributed by atoms with Gasteiger partial charge in [-0.2, -0.15) is 0 Å². The molecule has 30 heavy (non-hydrogen) atoms. The molecule has 3 aromatic carbocycles. The van der Waals surface area contributed by atoms with E-state index in [4.69, 9.17) is 4.74 Å². The fourth-order valence-corrected chi connectivity index (χ4v) is 4.65. The number of carbonyl (C=O) groups excluding carboxylic acids is 1. The normalized spacial score (nSPS) is 10.9. The number of halogens is 1. The first kappa shape index (κ1) is 20.6.